The van der Waals surface area contributed by atoms with Gasteiger partial charge in [0.2, 0.25) is 0 Å². The first kappa shape index (κ1) is 24.5. The molecule has 0 atom stereocenters. The van der Waals surface area contributed by atoms with Crippen molar-refractivity contribution in [2.45, 2.75) is 20.0 Å². The Labute approximate surface area is 198 Å². The summed E-state index contributed by atoms with van der Waals surface area (Å²) in [5.74, 6) is -1.15. The molecule has 0 aliphatic rings. The highest BCUT2D eigenvalue weighted by molar-refractivity contribution is 6.08. The van der Waals surface area contributed by atoms with Crippen LogP contribution in [0, 0.1) is 12.3 Å². The Kier molecular flexibility index (Phi) is 8.00. The quantitative estimate of drug-likeness (QED) is 0.232. The Hall–Kier alpha value is -4.17. The number of carbonyl (C=O) groups is 2. The molecule has 3 aromatic carbocycles. The van der Waals surface area contributed by atoms with Gasteiger partial charge in [0.1, 0.15) is 5.84 Å². The van der Waals surface area contributed by atoms with E-state index in [4.69, 9.17) is 16.2 Å². The maximum absolute atomic E-state index is 13.1. The third kappa shape index (κ3) is 6.66. The van der Waals surface area contributed by atoms with Crippen LogP contribution >= 0.6 is 0 Å². The molecule has 0 spiro atoms. The van der Waals surface area contributed by atoms with Crippen molar-refractivity contribution in [1.29, 1.82) is 5.41 Å². The number of benzene rings is 3. The molecule has 0 radical (unpaired) electrons. The SMILES string of the molecule is Cc1ccc(NCc2ccccc2CN(C)CC(=O)O)c(C(=O)Nc2ccc(C(=N)N)cc2)c1. The molecule has 6 N–H and O–H groups in total. The van der Waals surface area contributed by atoms with Crippen LogP contribution in [0.2, 0.25) is 0 Å². The number of nitrogens with one attached hydrogen (secondary N) is 3. The van der Waals surface area contributed by atoms with Gasteiger partial charge in [0.25, 0.3) is 5.91 Å². The minimum absolute atomic E-state index is 0.0301. The van der Waals surface area contributed by atoms with Gasteiger partial charge in [0, 0.05) is 30.0 Å². The number of hydrogen-bond donors (Lipinski definition) is 5. The molecule has 3 aromatic rings. The molecule has 0 fully saturated rings. The molecular weight excluding hydrogens is 430 g/mol. The van der Waals surface area contributed by atoms with Crippen molar-refractivity contribution in [3.63, 3.8) is 0 Å². The summed E-state index contributed by atoms with van der Waals surface area (Å²) in [7, 11) is 1.77. The zero-order chi connectivity index (χ0) is 24.7. The summed E-state index contributed by atoms with van der Waals surface area (Å²) in [5, 5.41) is 22.8. The third-order valence-corrected chi connectivity index (χ3v) is 5.31. The Bertz CT molecular complexity index is 1190. The Morgan fingerprint density at radius 2 is 1.71 bits per heavy atom. The van der Waals surface area contributed by atoms with Crippen LogP contribution in [0.4, 0.5) is 11.4 Å². The standard InChI is InChI=1S/C26H29N5O3/c1-17-7-12-23(22(13-17)26(34)30-21-10-8-18(9-11-21)25(27)28)29-14-19-5-3-4-6-20(19)15-31(2)16-24(32)33/h3-13,29H,14-16H2,1-2H3,(H3,27,28)(H,30,34)(H,32,33). The van der Waals surface area contributed by atoms with Gasteiger partial charge < -0.3 is 21.5 Å². The van der Waals surface area contributed by atoms with Crippen LogP contribution in [0.1, 0.15) is 32.6 Å². The lowest BCUT2D eigenvalue weighted by Gasteiger charge is -2.18. The molecule has 0 aliphatic carbocycles. The zero-order valence-electron chi connectivity index (χ0n) is 19.3. The van der Waals surface area contributed by atoms with Gasteiger partial charge >= 0.3 is 5.97 Å². The molecule has 0 aliphatic heterocycles. The van der Waals surface area contributed by atoms with E-state index in [2.05, 4.69) is 10.6 Å². The molecule has 8 nitrogen and oxygen atoms in total. The fraction of sp³-hybridized carbons (Fsp3) is 0.192. The van der Waals surface area contributed by atoms with Crippen molar-refractivity contribution >= 4 is 29.1 Å². The number of carboxylic acid groups (broad SMARTS) is 1. The molecule has 0 unspecified atom stereocenters. The molecule has 0 saturated heterocycles. The van der Waals surface area contributed by atoms with Crippen molar-refractivity contribution in [3.05, 3.63) is 94.5 Å². The van der Waals surface area contributed by atoms with Crippen molar-refractivity contribution in [2.24, 2.45) is 5.73 Å². The van der Waals surface area contributed by atoms with Gasteiger partial charge in [-0.2, -0.15) is 0 Å². The first-order valence-electron chi connectivity index (χ1n) is 10.8. The number of aryl methyl sites for hydroxylation is 1. The van der Waals surface area contributed by atoms with E-state index >= 15 is 0 Å². The summed E-state index contributed by atoms with van der Waals surface area (Å²) in [4.78, 5) is 25.8. The second-order valence-electron chi connectivity index (χ2n) is 8.18. The largest absolute Gasteiger partial charge is 0.480 e. The van der Waals surface area contributed by atoms with Gasteiger partial charge in [0.15, 0.2) is 0 Å². The lowest BCUT2D eigenvalue weighted by Crippen LogP contribution is -2.25. The molecule has 8 heteroatoms. The number of hydrogen-bond acceptors (Lipinski definition) is 5. The lowest BCUT2D eigenvalue weighted by molar-refractivity contribution is -0.138. The highest BCUT2D eigenvalue weighted by Crippen LogP contribution is 2.22. The van der Waals surface area contributed by atoms with E-state index in [0.29, 0.717) is 35.6 Å². The molecule has 0 aromatic heterocycles. The fourth-order valence-corrected chi connectivity index (χ4v) is 3.58. The molecule has 176 valence electrons. The Morgan fingerprint density at radius 1 is 1.03 bits per heavy atom. The maximum Gasteiger partial charge on any atom is 0.317 e. The number of nitrogens with two attached hydrogens (primary N) is 1. The number of carboxylic acids is 1. The van der Waals surface area contributed by atoms with Crippen molar-refractivity contribution < 1.29 is 14.7 Å². The van der Waals surface area contributed by atoms with E-state index in [1.165, 1.54) is 0 Å². The van der Waals surface area contributed by atoms with E-state index in [1.807, 2.05) is 49.4 Å². The summed E-state index contributed by atoms with van der Waals surface area (Å²) >= 11 is 0. The first-order chi connectivity index (χ1) is 16.2. The smallest absolute Gasteiger partial charge is 0.317 e. The average molecular weight is 460 g/mol. The molecular formula is C26H29N5O3. The summed E-state index contributed by atoms with van der Waals surface area (Å²) < 4.78 is 0. The van der Waals surface area contributed by atoms with Crippen molar-refractivity contribution in [2.75, 3.05) is 24.2 Å². The van der Waals surface area contributed by atoms with E-state index < -0.39 is 5.97 Å². The number of aliphatic carboxylic acids is 1. The molecule has 0 heterocycles. The van der Waals surface area contributed by atoms with Crippen LogP contribution in [-0.2, 0) is 17.9 Å². The number of anilines is 2. The van der Waals surface area contributed by atoms with Gasteiger partial charge in [-0.15, -0.1) is 0 Å². The van der Waals surface area contributed by atoms with E-state index in [1.54, 1.807) is 36.2 Å². The van der Waals surface area contributed by atoms with E-state index in [9.17, 15) is 9.59 Å². The predicted octanol–water partition coefficient (Wildman–Crippen LogP) is 3.66. The summed E-state index contributed by atoms with van der Waals surface area (Å²) in [6.45, 7) is 2.86. The number of nitrogen functional groups attached to an aromatic ring is 1. The van der Waals surface area contributed by atoms with Gasteiger partial charge in [-0.1, -0.05) is 35.9 Å². The second kappa shape index (κ2) is 11.1. The lowest BCUT2D eigenvalue weighted by atomic mass is 10.1. The summed E-state index contributed by atoms with van der Waals surface area (Å²) in [5.41, 5.74) is 10.9. The van der Waals surface area contributed by atoms with Gasteiger partial charge in [-0.3, -0.25) is 19.9 Å². The van der Waals surface area contributed by atoms with Crippen molar-refractivity contribution in [3.8, 4) is 0 Å². The van der Waals surface area contributed by atoms with Crippen LogP contribution in [0.5, 0.6) is 0 Å². The monoisotopic (exact) mass is 459 g/mol. The molecule has 34 heavy (non-hydrogen) atoms. The van der Waals surface area contributed by atoms with Crippen LogP contribution in [-0.4, -0.2) is 41.3 Å². The topological polar surface area (TPSA) is 132 Å². The van der Waals surface area contributed by atoms with Crippen molar-refractivity contribution in [1.82, 2.24) is 4.90 Å². The maximum atomic E-state index is 13.1. The number of nitrogens with zero attached hydrogens (tertiary/aromatic N) is 1. The second-order valence-corrected chi connectivity index (χ2v) is 8.18. The molecule has 3 rings (SSSR count). The number of carbonyl (C=O) groups excluding carboxylic acids is 1. The highest BCUT2D eigenvalue weighted by atomic mass is 16.4. The number of amidine groups is 1. The summed E-state index contributed by atoms with van der Waals surface area (Å²) in [6, 6.07) is 20.3. The van der Waals surface area contributed by atoms with Crippen LogP contribution in [0.15, 0.2) is 66.7 Å². The minimum atomic E-state index is -0.871. The van der Waals surface area contributed by atoms with Crippen LogP contribution in [0.25, 0.3) is 0 Å². The third-order valence-electron chi connectivity index (χ3n) is 5.31. The van der Waals surface area contributed by atoms with Gasteiger partial charge in [-0.05, 0) is 61.5 Å². The molecule has 1 amide bonds. The number of amides is 1. The first-order valence-corrected chi connectivity index (χ1v) is 10.8. The minimum Gasteiger partial charge on any atom is -0.480 e. The van der Waals surface area contributed by atoms with Crippen LogP contribution < -0.4 is 16.4 Å². The zero-order valence-corrected chi connectivity index (χ0v) is 19.3. The molecule has 0 bridgehead atoms. The van der Waals surface area contributed by atoms with Gasteiger partial charge in [-0.25, -0.2) is 0 Å². The Morgan fingerprint density at radius 3 is 2.35 bits per heavy atom. The predicted molar refractivity (Wildman–Crippen MR) is 134 cm³/mol. The average Bonchev–Trinajstić information content (AvgIpc) is 2.79. The Balaban J connectivity index is 1.75. The highest BCUT2D eigenvalue weighted by Gasteiger charge is 2.14. The normalized spacial score (nSPS) is 10.7. The van der Waals surface area contributed by atoms with E-state index in [-0.39, 0.29) is 18.3 Å². The molecule has 0 saturated carbocycles. The van der Waals surface area contributed by atoms with E-state index in [0.717, 1.165) is 16.7 Å². The van der Waals surface area contributed by atoms with Crippen LogP contribution in [0.3, 0.4) is 0 Å². The number of likely N-dealkylation sites (N-methyl/N-ethyl adjacent to an activating group) is 1. The number of rotatable bonds is 10. The van der Waals surface area contributed by atoms with Gasteiger partial charge in [0.05, 0.1) is 12.1 Å². The summed E-state index contributed by atoms with van der Waals surface area (Å²) in [6.07, 6.45) is 0. The fourth-order valence-electron chi connectivity index (χ4n) is 3.58.